The minimum Gasteiger partial charge on any atom is -0.339 e. The predicted octanol–water partition coefficient (Wildman–Crippen LogP) is 0.385. The van der Waals surface area contributed by atoms with Gasteiger partial charge in [0.2, 0.25) is 0 Å². The molecule has 0 aliphatic carbocycles. The van der Waals surface area contributed by atoms with Gasteiger partial charge in [-0.05, 0) is 38.8 Å². The van der Waals surface area contributed by atoms with Gasteiger partial charge >= 0.3 is 0 Å². The summed E-state index contributed by atoms with van der Waals surface area (Å²) >= 11 is 0. The van der Waals surface area contributed by atoms with Crippen LogP contribution < -0.4 is 15.5 Å². The molecule has 4 rings (SSSR count). The van der Waals surface area contributed by atoms with Crippen LogP contribution in [0.15, 0.2) is 18.3 Å². The van der Waals surface area contributed by atoms with Gasteiger partial charge in [0.05, 0.1) is 11.7 Å². The Kier molecular flexibility index (Phi) is 4.69. The second-order valence-corrected chi connectivity index (χ2v) is 7.25. The van der Waals surface area contributed by atoms with Gasteiger partial charge in [-0.1, -0.05) is 0 Å². The molecule has 2 aliphatic rings. The number of nitrogens with one attached hydrogen (secondary N) is 2. The summed E-state index contributed by atoms with van der Waals surface area (Å²) in [6.45, 7) is 4.34. The van der Waals surface area contributed by atoms with E-state index in [1.54, 1.807) is 15.6 Å². The zero-order valence-corrected chi connectivity index (χ0v) is 15.7. The highest BCUT2D eigenvalue weighted by atomic mass is 16.2. The van der Waals surface area contributed by atoms with Crippen LogP contribution in [0.5, 0.6) is 0 Å². The van der Waals surface area contributed by atoms with Gasteiger partial charge in [0.25, 0.3) is 11.8 Å². The summed E-state index contributed by atoms with van der Waals surface area (Å²) in [7, 11) is 1.81. The molecule has 2 atom stereocenters. The summed E-state index contributed by atoms with van der Waals surface area (Å²) in [6.07, 6.45) is 4.57. The van der Waals surface area contributed by atoms with Gasteiger partial charge in [-0.25, -0.2) is 0 Å². The lowest BCUT2D eigenvalue weighted by atomic mass is 10.1. The number of carbonyl (C=O) groups is 2. The molecule has 2 saturated heterocycles. The summed E-state index contributed by atoms with van der Waals surface area (Å²) in [6, 6.07) is 3.33. The first kappa shape index (κ1) is 17.7. The van der Waals surface area contributed by atoms with Crippen molar-refractivity contribution in [3.63, 3.8) is 0 Å². The molecule has 0 saturated carbocycles. The molecular formula is C18H25N7O2. The molecule has 144 valence electrons. The molecule has 4 heterocycles. The number of piperidine rings is 1. The lowest BCUT2D eigenvalue weighted by Gasteiger charge is -2.22. The van der Waals surface area contributed by atoms with E-state index in [1.165, 1.54) is 0 Å². The van der Waals surface area contributed by atoms with Gasteiger partial charge in [0.1, 0.15) is 17.6 Å². The maximum absolute atomic E-state index is 12.7. The number of aryl methyl sites for hydroxylation is 2. The molecule has 0 bridgehead atoms. The number of carbonyl (C=O) groups excluding carboxylic acids is 2. The number of rotatable bonds is 4. The third-order valence-electron chi connectivity index (χ3n) is 5.25. The SMILES string of the molecule is Cc1cc(N2CCC(NC(=O)c3ccn(C4CCCNC4)n3)C2=O)n(C)n1. The first-order valence-electron chi connectivity index (χ1n) is 9.41. The molecule has 2 aromatic rings. The number of amides is 2. The summed E-state index contributed by atoms with van der Waals surface area (Å²) in [4.78, 5) is 27.0. The molecule has 2 amide bonds. The van der Waals surface area contributed by atoms with Gasteiger partial charge in [-0.3, -0.25) is 23.9 Å². The molecule has 0 aromatic carbocycles. The summed E-state index contributed by atoms with van der Waals surface area (Å²) in [5.74, 6) is 0.337. The van der Waals surface area contributed by atoms with Crippen molar-refractivity contribution in [3.8, 4) is 0 Å². The highest BCUT2D eigenvalue weighted by Crippen LogP contribution is 2.22. The van der Waals surface area contributed by atoms with Crippen LogP contribution >= 0.6 is 0 Å². The minimum absolute atomic E-state index is 0.109. The Morgan fingerprint density at radius 1 is 1.33 bits per heavy atom. The minimum atomic E-state index is -0.533. The molecule has 2 N–H and O–H groups in total. The zero-order valence-electron chi connectivity index (χ0n) is 15.7. The molecular weight excluding hydrogens is 346 g/mol. The second-order valence-electron chi connectivity index (χ2n) is 7.25. The fourth-order valence-electron chi connectivity index (χ4n) is 3.84. The van der Waals surface area contributed by atoms with Crippen molar-refractivity contribution in [2.75, 3.05) is 24.5 Å². The van der Waals surface area contributed by atoms with E-state index in [2.05, 4.69) is 20.8 Å². The number of aromatic nitrogens is 4. The first-order valence-corrected chi connectivity index (χ1v) is 9.41. The smallest absolute Gasteiger partial charge is 0.272 e. The average Bonchev–Trinajstić information content (AvgIpc) is 3.36. The Morgan fingerprint density at radius 2 is 2.19 bits per heavy atom. The Hall–Kier alpha value is -2.68. The van der Waals surface area contributed by atoms with E-state index in [-0.39, 0.29) is 17.9 Å². The molecule has 9 heteroatoms. The molecule has 9 nitrogen and oxygen atoms in total. The average molecular weight is 371 g/mol. The fourth-order valence-corrected chi connectivity index (χ4v) is 3.84. The van der Waals surface area contributed by atoms with Crippen LogP contribution in [-0.2, 0) is 11.8 Å². The number of hydrogen-bond acceptors (Lipinski definition) is 5. The van der Waals surface area contributed by atoms with Crippen LogP contribution in [-0.4, -0.2) is 57.1 Å². The monoisotopic (exact) mass is 371 g/mol. The van der Waals surface area contributed by atoms with Crippen molar-refractivity contribution in [1.82, 2.24) is 30.2 Å². The first-order chi connectivity index (χ1) is 13.0. The fraction of sp³-hybridized carbons (Fsp3) is 0.556. The highest BCUT2D eigenvalue weighted by Gasteiger charge is 2.35. The molecule has 2 fully saturated rings. The van der Waals surface area contributed by atoms with E-state index in [0.29, 0.717) is 18.7 Å². The van der Waals surface area contributed by atoms with Crippen LogP contribution in [0.4, 0.5) is 5.82 Å². The standard InChI is InChI=1S/C18H25N7O2/c1-12-10-16(23(2)21-12)24-8-5-15(18(24)27)20-17(26)14-6-9-25(22-14)13-4-3-7-19-11-13/h6,9-10,13,15,19H,3-5,7-8,11H2,1-2H3,(H,20,26). The third-order valence-corrected chi connectivity index (χ3v) is 5.25. The zero-order chi connectivity index (χ0) is 19.0. The van der Waals surface area contributed by atoms with Crippen LogP contribution in [0.25, 0.3) is 0 Å². The number of anilines is 1. The van der Waals surface area contributed by atoms with Crippen molar-refractivity contribution in [2.24, 2.45) is 7.05 Å². The Balaban J connectivity index is 1.41. The van der Waals surface area contributed by atoms with Gasteiger partial charge in [0, 0.05) is 32.4 Å². The largest absolute Gasteiger partial charge is 0.339 e. The maximum atomic E-state index is 12.7. The summed E-state index contributed by atoms with van der Waals surface area (Å²) in [5.41, 5.74) is 1.21. The molecule has 0 spiro atoms. The lowest BCUT2D eigenvalue weighted by molar-refractivity contribution is -0.118. The van der Waals surface area contributed by atoms with Crippen LogP contribution in [0.2, 0.25) is 0 Å². The van der Waals surface area contributed by atoms with Crippen LogP contribution in [0.3, 0.4) is 0 Å². The van der Waals surface area contributed by atoms with Crippen molar-refractivity contribution >= 4 is 17.6 Å². The van der Waals surface area contributed by atoms with Crippen molar-refractivity contribution < 1.29 is 9.59 Å². The third kappa shape index (κ3) is 3.46. The molecule has 0 radical (unpaired) electrons. The molecule has 27 heavy (non-hydrogen) atoms. The van der Waals surface area contributed by atoms with Crippen molar-refractivity contribution in [1.29, 1.82) is 0 Å². The Labute approximate surface area is 157 Å². The van der Waals surface area contributed by atoms with E-state index in [4.69, 9.17) is 0 Å². The molecule has 2 aliphatic heterocycles. The van der Waals surface area contributed by atoms with Crippen LogP contribution in [0.1, 0.15) is 41.5 Å². The van der Waals surface area contributed by atoms with Crippen molar-refractivity contribution in [2.45, 2.75) is 38.3 Å². The normalized spacial score (nSPS) is 23.0. The van der Waals surface area contributed by atoms with Gasteiger partial charge in [-0.15, -0.1) is 0 Å². The second kappa shape index (κ2) is 7.15. The van der Waals surface area contributed by atoms with E-state index >= 15 is 0 Å². The quantitative estimate of drug-likeness (QED) is 0.810. The van der Waals surface area contributed by atoms with E-state index in [0.717, 1.165) is 37.4 Å². The molecule has 2 aromatic heterocycles. The number of nitrogens with zero attached hydrogens (tertiary/aromatic N) is 5. The Bertz CT molecular complexity index is 850. The van der Waals surface area contributed by atoms with E-state index in [1.807, 2.05) is 30.9 Å². The lowest BCUT2D eigenvalue weighted by Crippen LogP contribution is -2.42. The number of hydrogen-bond donors (Lipinski definition) is 2. The van der Waals surface area contributed by atoms with E-state index in [9.17, 15) is 9.59 Å². The summed E-state index contributed by atoms with van der Waals surface area (Å²) < 4.78 is 3.54. The van der Waals surface area contributed by atoms with Gasteiger partial charge < -0.3 is 10.6 Å². The Morgan fingerprint density at radius 3 is 2.89 bits per heavy atom. The topological polar surface area (TPSA) is 97.1 Å². The van der Waals surface area contributed by atoms with Crippen LogP contribution in [0, 0.1) is 6.92 Å². The molecule has 2 unspecified atom stereocenters. The van der Waals surface area contributed by atoms with Gasteiger partial charge in [0.15, 0.2) is 0 Å². The van der Waals surface area contributed by atoms with Crippen molar-refractivity contribution in [3.05, 3.63) is 29.7 Å². The maximum Gasteiger partial charge on any atom is 0.272 e. The predicted molar refractivity (Wildman–Crippen MR) is 99.5 cm³/mol. The summed E-state index contributed by atoms with van der Waals surface area (Å²) in [5, 5.41) is 14.9. The van der Waals surface area contributed by atoms with Gasteiger partial charge in [-0.2, -0.15) is 10.2 Å². The van der Waals surface area contributed by atoms with E-state index < -0.39 is 6.04 Å². The highest BCUT2D eigenvalue weighted by molar-refractivity contribution is 6.03.